The zero-order chi connectivity index (χ0) is 15.5. The zero-order valence-corrected chi connectivity index (χ0v) is 13.6. The summed E-state index contributed by atoms with van der Waals surface area (Å²) in [5.74, 6) is -0.503. The highest BCUT2D eigenvalue weighted by atomic mass is 16.5. The van der Waals surface area contributed by atoms with Gasteiger partial charge < -0.3 is 9.47 Å². The second-order valence-corrected chi connectivity index (χ2v) is 5.96. The Kier molecular flexibility index (Phi) is 9.11. The van der Waals surface area contributed by atoms with Gasteiger partial charge in [0.1, 0.15) is 0 Å². The van der Waals surface area contributed by atoms with Gasteiger partial charge in [0, 0.05) is 0 Å². The molecule has 0 aromatic carbocycles. The average Bonchev–Trinajstić information content (AvgIpc) is 2.51. The number of carbonyl (C=O) groups excluding carboxylic acids is 2. The fourth-order valence-electron chi connectivity index (χ4n) is 2.70. The lowest BCUT2D eigenvalue weighted by molar-refractivity contribution is -0.155. The molecule has 1 aliphatic rings. The van der Waals surface area contributed by atoms with E-state index in [-0.39, 0.29) is 23.8 Å². The van der Waals surface area contributed by atoms with Crippen molar-refractivity contribution in [3.8, 4) is 0 Å². The molecule has 122 valence electrons. The minimum absolute atomic E-state index is 0.121. The molecule has 0 aliphatic heterocycles. The first-order chi connectivity index (χ1) is 10.2. The molecule has 0 N–H and O–H groups in total. The largest absolute Gasteiger partial charge is 0.465 e. The van der Waals surface area contributed by atoms with Gasteiger partial charge in [0.2, 0.25) is 0 Å². The minimum atomic E-state index is -0.132. The molecule has 4 nitrogen and oxygen atoms in total. The van der Waals surface area contributed by atoms with E-state index < -0.39 is 0 Å². The molecule has 1 saturated carbocycles. The van der Waals surface area contributed by atoms with E-state index in [4.69, 9.17) is 9.47 Å². The van der Waals surface area contributed by atoms with E-state index in [0.29, 0.717) is 19.6 Å². The molecule has 0 saturated heterocycles. The van der Waals surface area contributed by atoms with Crippen LogP contribution in [0.1, 0.15) is 71.6 Å². The number of carbonyl (C=O) groups is 2. The van der Waals surface area contributed by atoms with Crippen LogP contribution in [0.2, 0.25) is 0 Å². The Balaban J connectivity index is 2.30. The average molecular weight is 298 g/mol. The molecule has 4 heteroatoms. The maximum absolute atomic E-state index is 12.0. The van der Waals surface area contributed by atoms with Gasteiger partial charge in [-0.2, -0.15) is 0 Å². The molecule has 0 bridgehead atoms. The van der Waals surface area contributed by atoms with Gasteiger partial charge in [-0.3, -0.25) is 9.59 Å². The smallest absolute Gasteiger partial charge is 0.308 e. The first-order valence-corrected chi connectivity index (χ1v) is 8.52. The van der Waals surface area contributed by atoms with Crippen LogP contribution in [0.3, 0.4) is 0 Å². The van der Waals surface area contributed by atoms with Gasteiger partial charge in [-0.15, -0.1) is 0 Å². The van der Waals surface area contributed by atoms with E-state index >= 15 is 0 Å². The van der Waals surface area contributed by atoms with Crippen molar-refractivity contribution in [3.63, 3.8) is 0 Å². The van der Waals surface area contributed by atoms with Crippen molar-refractivity contribution in [2.24, 2.45) is 11.8 Å². The van der Waals surface area contributed by atoms with E-state index in [1.807, 2.05) is 0 Å². The van der Waals surface area contributed by atoms with Crippen LogP contribution in [0.5, 0.6) is 0 Å². The van der Waals surface area contributed by atoms with Crippen LogP contribution in [0.25, 0.3) is 0 Å². The predicted molar refractivity (Wildman–Crippen MR) is 81.8 cm³/mol. The first-order valence-electron chi connectivity index (χ1n) is 8.52. The molecular formula is C17H30O4. The third-order valence-corrected chi connectivity index (χ3v) is 4.08. The van der Waals surface area contributed by atoms with E-state index in [9.17, 15) is 9.59 Å². The normalized spacial score (nSPS) is 21.8. The predicted octanol–water partition coefficient (Wildman–Crippen LogP) is 3.87. The third-order valence-electron chi connectivity index (χ3n) is 4.08. The molecule has 1 rings (SSSR count). The summed E-state index contributed by atoms with van der Waals surface area (Å²) in [6.45, 7) is 5.20. The Morgan fingerprint density at radius 1 is 0.857 bits per heavy atom. The molecule has 0 aromatic heterocycles. The van der Waals surface area contributed by atoms with E-state index in [1.54, 1.807) is 0 Å². The Bertz CT molecular complexity index is 314. The van der Waals surface area contributed by atoms with Gasteiger partial charge in [0.25, 0.3) is 0 Å². The zero-order valence-electron chi connectivity index (χ0n) is 13.6. The van der Waals surface area contributed by atoms with Crippen LogP contribution < -0.4 is 0 Å². The lowest BCUT2D eigenvalue weighted by atomic mass is 9.81. The molecule has 0 heterocycles. The maximum atomic E-state index is 12.0. The molecule has 1 fully saturated rings. The summed E-state index contributed by atoms with van der Waals surface area (Å²) in [4.78, 5) is 24.0. The molecular weight excluding hydrogens is 268 g/mol. The van der Waals surface area contributed by atoms with Crippen molar-refractivity contribution in [2.75, 3.05) is 13.2 Å². The number of rotatable bonds is 9. The van der Waals surface area contributed by atoms with E-state index in [0.717, 1.165) is 51.4 Å². The lowest BCUT2D eigenvalue weighted by Gasteiger charge is -2.26. The summed E-state index contributed by atoms with van der Waals surface area (Å²) < 4.78 is 10.6. The Labute approximate surface area is 128 Å². The number of esters is 2. The number of hydrogen-bond donors (Lipinski definition) is 0. The molecule has 2 atom stereocenters. The van der Waals surface area contributed by atoms with E-state index in [2.05, 4.69) is 13.8 Å². The van der Waals surface area contributed by atoms with Gasteiger partial charge in [0.05, 0.1) is 25.0 Å². The molecule has 0 aromatic rings. The Hall–Kier alpha value is -1.06. The maximum Gasteiger partial charge on any atom is 0.308 e. The lowest BCUT2D eigenvalue weighted by Crippen LogP contribution is -2.30. The highest BCUT2D eigenvalue weighted by molar-refractivity contribution is 5.76. The fourth-order valence-corrected chi connectivity index (χ4v) is 2.70. The van der Waals surface area contributed by atoms with Gasteiger partial charge in [0.15, 0.2) is 0 Å². The first kappa shape index (κ1) is 18.0. The summed E-state index contributed by atoms with van der Waals surface area (Å²) in [7, 11) is 0. The van der Waals surface area contributed by atoms with Crippen LogP contribution in [-0.4, -0.2) is 25.2 Å². The topological polar surface area (TPSA) is 52.6 Å². The molecule has 21 heavy (non-hydrogen) atoms. The highest BCUT2D eigenvalue weighted by Crippen LogP contribution is 2.30. The second-order valence-electron chi connectivity index (χ2n) is 5.96. The van der Waals surface area contributed by atoms with Crippen molar-refractivity contribution in [2.45, 2.75) is 71.6 Å². The standard InChI is InChI=1S/C17H30O4/c1-3-5-7-12-21-17(19)15-10-8-9-14(13-15)16(18)20-11-6-4-2/h14-15H,3-13H2,1-2H3. The molecule has 0 spiro atoms. The fraction of sp³-hybridized carbons (Fsp3) is 0.882. The molecule has 1 aliphatic carbocycles. The van der Waals surface area contributed by atoms with Gasteiger partial charge in [-0.25, -0.2) is 0 Å². The molecule has 0 radical (unpaired) electrons. The number of hydrogen-bond acceptors (Lipinski definition) is 4. The minimum Gasteiger partial charge on any atom is -0.465 e. The molecule has 2 unspecified atom stereocenters. The van der Waals surface area contributed by atoms with Crippen molar-refractivity contribution in [1.29, 1.82) is 0 Å². The Morgan fingerprint density at radius 3 is 1.90 bits per heavy atom. The number of unbranched alkanes of at least 4 members (excludes halogenated alkanes) is 3. The summed E-state index contributed by atoms with van der Waals surface area (Å²) in [5.41, 5.74) is 0. The van der Waals surface area contributed by atoms with Gasteiger partial charge >= 0.3 is 11.9 Å². The molecule has 0 amide bonds. The highest BCUT2D eigenvalue weighted by Gasteiger charge is 2.32. The van der Waals surface area contributed by atoms with Crippen LogP contribution in [-0.2, 0) is 19.1 Å². The monoisotopic (exact) mass is 298 g/mol. The van der Waals surface area contributed by atoms with Crippen LogP contribution in [0.15, 0.2) is 0 Å². The van der Waals surface area contributed by atoms with Crippen molar-refractivity contribution < 1.29 is 19.1 Å². The van der Waals surface area contributed by atoms with Crippen LogP contribution in [0, 0.1) is 11.8 Å². The van der Waals surface area contributed by atoms with Crippen LogP contribution in [0.4, 0.5) is 0 Å². The summed E-state index contributed by atoms with van der Waals surface area (Å²) in [6.07, 6.45) is 8.23. The Morgan fingerprint density at radius 2 is 1.38 bits per heavy atom. The van der Waals surface area contributed by atoms with Crippen molar-refractivity contribution >= 4 is 11.9 Å². The van der Waals surface area contributed by atoms with Gasteiger partial charge in [-0.1, -0.05) is 39.5 Å². The summed E-state index contributed by atoms with van der Waals surface area (Å²) in [6, 6.07) is 0. The summed E-state index contributed by atoms with van der Waals surface area (Å²) in [5, 5.41) is 0. The van der Waals surface area contributed by atoms with Gasteiger partial charge in [-0.05, 0) is 32.1 Å². The van der Waals surface area contributed by atoms with Crippen molar-refractivity contribution in [1.82, 2.24) is 0 Å². The quantitative estimate of drug-likeness (QED) is 0.479. The van der Waals surface area contributed by atoms with E-state index in [1.165, 1.54) is 0 Å². The number of ether oxygens (including phenoxy) is 2. The summed E-state index contributed by atoms with van der Waals surface area (Å²) >= 11 is 0. The van der Waals surface area contributed by atoms with Crippen molar-refractivity contribution in [3.05, 3.63) is 0 Å². The second kappa shape index (κ2) is 10.6. The third kappa shape index (κ3) is 6.96. The van der Waals surface area contributed by atoms with Crippen LogP contribution >= 0.6 is 0 Å². The SMILES string of the molecule is CCCCCOC(=O)C1CCCC(C(=O)OCCCC)C1.